The van der Waals surface area contributed by atoms with Gasteiger partial charge in [0.1, 0.15) is 5.92 Å². The number of hydrogen-bond donors (Lipinski definition) is 0. The molecule has 1 heteroatoms. The molecule has 0 heterocycles. The van der Waals surface area contributed by atoms with Gasteiger partial charge in [-0.2, -0.15) is 0 Å². The third-order valence-corrected chi connectivity index (χ3v) is 3.84. The van der Waals surface area contributed by atoms with Crippen molar-refractivity contribution in [2.24, 2.45) is 0 Å². The van der Waals surface area contributed by atoms with Crippen LogP contribution in [-0.2, 0) is 6.42 Å². The number of alkyl halides is 1. The van der Waals surface area contributed by atoms with Gasteiger partial charge in [0.25, 0.3) is 0 Å². The standard InChI is InChI=1S/C17H24Cl/c1-14(2)17(18)13-12-15(3)8-7-11-16-9-5-4-6-10-16/h4-6,8-10,17H,7,11-13H2,1-3H3/q+1/b15-8+. The summed E-state index contributed by atoms with van der Waals surface area (Å²) in [6.45, 7) is 6.41. The van der Waals surface area contributed by atoms with Crippen molar-refractivity contribution >= 4 is 11.6 Å². The minimum atomic E-state index is 0.225. The Morgan fingerprint density at radius 2 is 1.94 bits per heavy atom. The van der Waals surface area contributed by atoms with Gasteiger partial charge in [0.15, 0.2) is 5.38 Å². The first-order valence-electron chi connectivity index (χ1n) is 6.73. The Morgan fingerprint density at radius 3 is 2.56 bits per heavy atom. The zero-order chi connectivity index (χ0) is 13.4. The Kier molecular flexibility index (Phi) is 6.97. The molecule has 1 atom stereocenters. The first-order chi connectivity index (χ1) is 8.59. The number of benzene rings is 1. The van der Waals surface area contributed by atoms with Crippen LogP contribution in [0.2, 0.25) is 0 Å². The lowest BCUT2D eigenvalue weighted by molar-refractivity contribution is 0.746. The van der Waals surface area contributed by atoms with Gasteiger partial charge in [-0.1, -0.05) is 53.6 Å². The lowest BCUT2D eigenvalue weighted by atomic mass is 10.0. The third-order valence-electron chi connectivity index (χ3n) is 3.19. The SMILES string of the molecule is C/C(=C\CCc1ccccc1)CCC(Cl)[C+](C)C. The molecule has 0 N–H and O–H groups in total. The number of halogens is 1. The van der Waals surface area contributed by atoms with E-state index in [1.54, 1.807) is 0 Å². The highest BCUT2D eigenvalue weighted by Gasteiger charge is 2.18. The van der Waals surface area contributed by atoms with Crippen LogP contribution in [0.25, 0.3) is 0 Å². The predicted octanol–water partition coefficient (Wildman–Crippen LogP) is 5.57. The Balaban J connectivity index is 2.26. The Bertz CT molecular complexity index is 351. The molecule has 1 unspecified atom stereocenters. The number of rotatable bonds is 7. The minimum Gasteiger partial charge on any atom is -0.0853 e. The molecule has 98 valence electrons. The predicted molar refractivity (Wildman–Crippen MR) is 82.0 cm³/mol. The highest BCUT2D eigenvalue weighted by molar-refractivity contribution is 6.21. The van der Waals surface area contributed by atoms with Crippen molar-refractivity contribution in [2.45, 2.75) is 51.8 Å². The summed E-state index contributed by atoms with van der Waals surface area (Å²) in [7, 11) is 0. The summed E-state index contributed by atoms with van der Waals surface area (Å²) < 4.78 is 0. The summed E-state index contributed by atoms with van der Waals surface area (Å²) in [5.74, 6) is 1.31. The molecule has 0 radical (unpaired) electrons. The van der Waals surface area contributed by atoms with Gasteiger partial charge in [-0.25, -0.2) is 0 Å². The van der Waals surface area contributed by atoms with Gasteiger partial charge >= 0.3 is 0 Å². The maximum atomic E-state index is 6.23. The van der Waals surface area contributed by atoms with E-state index in [1.807, 2.05) is 0 Å². The van der Waals surface area contributed by atoms with Crippen LogP contribution in [0.15, 0.2) is 42.0 Å². The normalized spacial score (nSPS) is 13.4. The summed E-state index contributed by atoms with van der Waals surface area (Å²) in [5.41, 5.74) is 2.87. The quantitative estimate of drug-likeness (QED) is 0.343. The molecule has 0 aliphatic heterocycles. The Hall–Kier alpha value is -0.880. The van der Waals surface area contributed by atoms with Crippen LogP contribution >= 0.6 is 11.6 Å². The minimum absolute atomic E-state index is 0.225. The second kappa shape index (κ2) is 8.26. The fraction of sp³-hybridized carbons (Fsp3) is 0.471. The van der Waals surface area contributed by atoms with Crippen molar-refractivity contribution in [3.8, 4) is 0 Å². The second-order valence-corrected chi connectivity index (χ2v) is 5.69. The highest BCUT2D eigenvalue weighted by atomic mass is 35.5. The summed E-state index contributed by atoms with van der Waals surface area (Å²) in [4.78, 5) is 0. The lowest BCUT2D eigenvalue weighted by Gasteiger charge is -2.05. The van der Waals surface area contributed by atoms with E-state index in [-0.39, 0.29) is 5.38 Å². The molecule has 0 aromatic heterocycles. The van der Waals surface area contributed by atoms with Crippen LogP contribution in [0.4, 0.5) is 0 Å². The molecule has 0 aliphatic carbocycles. The van der Waals surface area contributed by atoms with Crippen LogP contribution in [0.5, 0.6) is 0 Å². The highest BCUT2D eigenvalue weighted by Crippen LogP contribution is 2.20. The van der Waals surface area contributed by atoms with Gasteiger partial charge in [0, 0.05) is 6.42 Å². The first-order valence-corrected chi connectivity index (χ1v) is 7.17. The van der Waals surface area contributed by atoms with E-state index in [2.05, 4.69) is 57.2 Å². The second-order valence-electron chi connectivity index (χ2n) is 5.16. The van der Waals surface area contributed by atoms with Gasteiger partial charge in [0.05, 0.1) is 13.8 Å². The van der Waals surface area contributed by atoms with Crippen LogP contribution in [0.3, 0.4) is 0 Å². The average Bonchev–Trinajstić information content (AvgIpc) is 2.37. The van der Waals surface area contributed by atoms with Gasteiger partial charge in [-0.3, -0.25) is 0 Å². The van der Waals surface area contributed by atoms with Crippen molar-refractivity contribution in [1.82, 2.24) is 0 Å². The third kappa shape index (κ3) is 6.16. The maximum Gasteiger partial charge on any atom is 0.173 e. The van der Waals surface area contributed by atoms with E-state index >= 15 is 0 Å². The molecule has 0 bridgehead atoms. The molecule has 0 saturated heterocycles. The molecule has 0 spiro atoms. The van der Waals surface area contributed by atoms with E-state index in [4.69, 9.17) is 11.6 Å². The lowest BCUT2D eigenvalue weighted by Crippen LogP contribution is -2.05. The zero-order valence-electron chi connectivity index (χ0n) is 11.7. The van der Waals surface area contributed by atoms with Crippen molar-refractivity contribution < 1.29 is 0 Å². The molecule has 18 heavy (non-hydrogen) atoms. The number of allylic oxidation sites excluding steroid dienone is 2. The van der Waals surface area contributed by atoms with Crippen molar-refractivity contribution in [3.05, 3.63) is 53.5 Å². The van der Waals surface area contributed by atoms with Crippen LogP contribution < -0.4 is 0 Å². The topological polar surface area (TPSA) is 0 Å². The maximum absolute atomic E-state index is 6.23. The molecule has 0 aliphatic rings. The molecular formula is C17H24Cl+. The van der Waals surface area contributed by atoms with E-state index in [0.717, 1.165) is 25.7 Å². The van der Waals surface area contributed by atoms with Gasteiger partial charge in [0.2, 0.25) is 0 Å². The summed E-state index contributed by atoms with van der Waals surface area (Å²) in [5, 5.41) is 0.225. The van der Waals surface area contributed by atoms with Crippen LogP contribution in [0, 0.1) is 5.92 Å². The molecule has 0 saturated carbocycles. The van der Waals surface area contributed by atoms with Gasteiger partial charge in [-0.05, 0) is 31.7 Å². The summed E-state index contributed by atoms with van der Waals surface area (Å²) >= 11 is 6.23. The summed E-state index contributed by atoms with van der Waals surface area (Å²) in [6.07, 6.45) is 6.76. The monoisotopic (exact) mass is 263 g/mol. The number of hydrogen-bond acceptors (Lipinski definition) is 0. The molecule has 0 fully saturated rings. The van der Waals surface area contributed by atoms with E-state index < -0.39 is 0 Å². The molecule has 1 aromatic carbocycles. The van der Waals surface area contributed by atoms with Crippen molar-refractivity contribution in [1.29, 1.82) is 0 Å². The first kappa shape index (κ1) is 15.2. The molecule has 0 nitrogen and oxygen atoms in total. The smallest absolute Gasteiger partial charge is 0.0853 e. The van der Waals surface area contributed by atoms with E-state index in [0.29, 0.717) is 0 Å². The van der Waals surface area contributed by atoms with E-state index in [9.17, 15) is 0 Å². The summed E-state index contributed by atoms with van der Waals surface area (Å²) in [6, 6.07) is 10.6. The fourth-order valence-corrected chi connectivity index (χ4v) is 1.98. The number of aryl methyl sites for hydroxylation is 1. The Morgan fingerprint density at radius 1 is 1.28 bits per heavy atom. The van der Waals surface area contributed by atoms with E-state index in [1.165, 1.54) is 17.1 Å². The zero-order valence-corrected chi connectivity index (χ0v) is 12.5. The van der Waals surface area contributed by atoms with Gasteiger partial charge < -0.3 is 0 Å². The molecule has 1 rings (SSSR count). The van der Waals surface area contributed by atoms with Crippen molar-refractivity contribution in [2.75, 3.05) is 0 Å². The molecule has 1 aromatic rings. The average molecular weight is 264 g/mol. The van der Waals surface area contributed by atoms with Crippen molar-refractivity contribution in [3.63, 3.8) is 0 Å². The Labute approximate surface area is 117 Å². The van der Waals surface area contributed by atoms with Crippen LogP contribution in [0.1, 0.15) is 45.6 Å². The fourth-order valence-electron chi connectivity index (χ4n) is 1.88. The van der Waals surface area contributed by atoms with Crippen LogP contribution in [-0.4, -0.2) is 5.38 Å². The molecular weight excluding hydrogens is 240 g/mol. The van der Waals surface area contributed by atoms with Gasteiger partial charge in [-0.15, -0.1) is 0 Å². The molecule has 0 amide bonds. The largest absolute Gasteiger partial charge is 0.173 e.